The van der Waals surface area contributed by atoms with E-state index in [-0.39, 0.29) is 0 Å². The Morgan fingerprint density at radius 2 is 1.81 bits per heavy atom. The van der Waals surface area contributed by atoms with E-state index in [9.17, 15) is 4.79 Å². The van der Waals surface area contributed by atoms with E-state index in [1.807, 2.05) is 12.1 Å². The van der Waals surface area contributed by atoms with E-state index in [1.165, 1.54) is 22.1 Å². The maximum Gasteiger partial charge on any atom is 0.161 e. The van der Waals surface area contributed by atoms with Gasteiger partial charge in [0.1, 0.15) is 0 Å². The average Bonchev–Trinajstić information content (AvgIpc) is 2.63. The standard InChI is InChI=1S/C13H7BrOS/c14-13-10-5-8-3-1-2-4-9(8)6-11(10)16-12(13)7-15/h1-7H. The molecule has 0 spiro atoms. The molecule has 0 N–H and O–H groups in total. The van der Waals surface area contributed by atoms with E-state index in [0.29, 0.717) is 0 Å². The van der Waals surface area contributed by atoms with E-state index >= 15 is 0 Å². The third-order valence-corrected chi connectivity index (χ3v) is 4.82. The Bertz CT molecular complexity index is 700. The van der Waals surface area contributed by atoms with Gasteiger partial charge in [0.25, 0.3) is 0 Å². The predicted octanol–water partition coefficient (Wildman–Crippen LogP) is 4.63. The lowest BCUT2D eigenvalue weighted by atomic mass is 10.1. The van der Waals surface area contributed by atoms with Gasteiger partial charge in [-0.3, -0.25) is 4.79 Å². The largest absolute Gasteiger partial charge is 0.297 e. The molecule has 1 aromatic heterocycles. The normalized spacial score (nSPS) is 11.1. The van der Waals surface area contributed by atoms with Crippen molar-refractivity contribution in [1.29, 1.82) is 0 Å². The summed E-state index contributed by atoms with van der Waals surface area (Å²) in [5.74, 6) is 0. The fourth-order valence-electron chi connectivity index (χ4n) is 1.85. The summed E-state index contributed by atoms with van der Waals surface area (Å²) in [6.07, 6.45) is 0.902. The molecule has 3 heteroatoms. The van der Waals surface area contributed by atoms with Crippen molar-refractivity contribution in [2.24, 2.45) is 0 Å². The van der Waals surface area contributed by atoms with E-state index in [2.05, 4.69) is 40.2 Å². The van der Waals surface area contributed by atoms with Gasteiger partial charge >= 0.3 is 0 Å². The number of carbonyl (C=O) groups is 1. The molecule has 0 unspecified atom stereocenters. The predicted molar refractivity (Wildman–Crippen MR) is 72.4 cm³/mol. The van der Waals surface area contributed by atoms with Crippen molar-refractivity contribution < 1.29 is 4.79 Å². The minimum atomic E-state index is 0.755. The number of fused-ring (bicyclic) bond motifs is 2. The lowest BCUT2D eigenvalue weighted by Crippen LogP contribution is -1.72. The highest BCUT2D eigenvalue weighted by Gasteiger charge is 2.09. The second-order valence-corrected chi connectivity index (χ2v) is 5.47. The minimum absolute atomic E-state index is 0.755. The lowest BCUT2D eigenvalue weighted by molar-refractivity contribution is 0.112. The first-order valence-corrected chi connectivity index (χ1v) is 6.46. The number of aldehydes is 1. The zero-order valence-electron chi connectivity index (χ0n) is 8.24. The van der Waals surface area contributed by atoms with Gasteiger partial charge in [-0.25, -0.2) is 0 Å². The van der Waals surface area contributed by atoms with Crippen LogP contribution in [0.15, 0.2) is 40.9 Å². The highest BCUT2D eigenvalue weighted by molar-refractivity contribution is 9.10. The van der Waals surface area contributed by atoms with Gasteiger partial charge in [0.15, 0.2) is 6.29 Å². The molecule has 2 aromatic carbocycles. The summed E-state index contributed by atoms with van der Waals surface area (Å²) in [6, 6.07) is 12.5. The van der Waals surface area contributed by atoms with Gasteiger partial charge in [0.2, 0.25) is 0 Å². The van der Waals surface area contributed by atoms with Crippen LogP contribution in [0, 0.1) is 0 Å². The van der Waals surface area contributed by atoms with Crippen LogP contribution in [0.25, 0.3) is 20.9 Å². The van der Waals surface area contributed by atoms with Gasteiger partial charge in [0, 0.05) is 14.6 Å². The van der Waals surface area contributed by atoms with Gasteiger partial charge < -0.3 is 0 Å². The monoisotopic (exact) mass is 290 g/mol. The van der Waals surface area contributed by atoms with Crippen molar-refractivity contribution in [3.05, 3.63) is 45.7 Å². The van der Waals surface area contributed by atoms with Crippen molar-refractivity contribution in [3.63, 3.8) is 0 Å². The zero-order valence-corrected chi connectivity index (χ0v) is 10.6. The van der Waals surface area contributed by atoms with Crippen LogP contribution >= 0.6 is 27.3 Å². The molecule has 1 heterocycles. The zero-order chi connectivity index (χ0) is 11.1. The van der Waals surface area contributed by atoms with Crippen molar-refractivity contribution >= 4 is 54.4 Å². The van der Waals surface area contributed by atoms with E-state index in [0.717, 1.165) is 25.7 Å². The summed E-state index contributed by atoms with van der Waals surface area (Å²) in [5.41, 5.74) is 0. The van der Waals surface area contributed by atoms with E-state index in [1.54, 1.807) is 0 Å². The summed E-state index contributed by atoms with van der Waals surface area (Å²) in [6.45, 7) is 0. The number of thiophene rings is 1. The lowest BCUT2D eigenvalue weighted by Gasteiger charge is -1.97. The smallest absolute Gasteiger partial charge is 0.161 e. The molecule has 0 saturated carbocycles. The molecule has 3 aromatic rings. The Morgan fingerprint density at radius 3 is 2.50 bits per heavy atom. The van der Waals surface area contributed by atoms with Gasteiger partial charge in [-0.1, -0.05) is 24.3 Å². The van der Waals surface area contributed by atoms with Crippen LogP contribution in [0.2, 0.25) is 0 Å². The third-order valence-electron chi connectivity index (χ3n) is 2.63. The summed E-state index contributed by atoms with van der Waals surface area (Å²) in [5, 5.41) is 3.53. The van der Waals surface area contributed by atoms with E-state index in [4.69, 9.17) is 0 Å². The van der Waals surface area contributed by atoms with Crippen molar-refractivity contribution in [1.82, 2.24) is 0 Å². The highest BCUT2D eigenvalue weighted by Crippen LogP contribution is 2.36. The minimum Gasteiger partial charge on any atom is -0.297 e. The molecule has 1 nitrogen and oxygen atoms in total. The Morgan fingerprint density at radius 1 is 1.12 bits per heavy atom. The number of hydrogen-bond acceptors (Lipinski definition) is 2. The number of rotatable bonds is 1. The molecule has 0 saturated heterocycles. The molecule has 0 amide bonds. The molecule has 78 valence electrons. The quantitative estimate of drug-likeness (QED) is 0.597. The topological polar surface area (TPSA) is 17.1 Å². The van der Waals surface area contributed by atoms with Crippen LogP contribution in [-0.2, 0) is 0 Å². The first-order valence-electron chi connectivity index (χ1n) is 4.85. The van der Waals surface area contributed by atoms with Crippen LogP contribution in [0.3, 0.4) is 0 Å². The first kappa shape index (κ1) is 10.00. The number of hydrogen-bond donors (Lipinski definition) is 0. The van der Waals surface area contributed by atoms with E-state index < -0.39 is 0 Å². The van der Waals surface area contributed by atoms with Crippen LogP contribution in [0.4, 0.5) is 0 Å². The molecule has 0 aliphatic carbocycles. The molecule has 0 aliphatic heterocycles. The molecular weight excluding hydrogens is 284 g/mol. The summed E-state index contributed by atoms with van der Waals surface area (Å²) in [4.78, 5) is 11.6. The number of halogens is 1. The summed E-state index contributed by atoms with van der Waals surface area (Å²) >= 11 is 5.00. The molecule has 0 radical (unpaired) electrons. The summed E-state index contributed by atoms with van der Waals surface area (Å²) in [7, 11) is 0. The van der Waals surface area contributed by atoms with Gasteiger partial charge in [-0.15, -0.1) is 11.3 Å². The maximum atomic E-state index is 10.9. The average molecular weight is 291 g/mol. The molecule has 0 bridgehead atoms. The van der Waals surface area contributed by atoms with Crippen LogP contribution in [0.5, 0.6) is 0 Å². The molecule has 0 atom stereocenters. The van der Waals surface area contributed by atoms with Gasteiger partial charge in [-0.2, -0.15) is 0 Å². The molecule has 16 heavy (non-hydrogen) atoms. The number of carbonyl (C=O) groups excluding carboxylic acids is 1. The Hall–Kier alpha value is -1.19. The fourth-order valence-corrected chi connectivity index (χ4v) is 3.58. The number of benzene rings is 2. The van der Waals surface area contributed by atoms with Crippen molar-refractivity contribution in [3.8, 4) is 0 Å². The van der Waals surface area contributed by atoms with Gasteiger partial charge in [0.05, 0.1) is 4.88 Å². The van der Waals surface area contributed by atoms with Gasteiger partial charge in [-0.05, 0) is 38.8 Å². The Kier molecular flexibility index (Phi) is 2.30. The summed E-state index contributed by atoms with van der Waals surface area (Å²) < 4.78 is 2.06. The SMILES string of the molecule is O=Cc1sc2cc3ccccc3cc2c1Br. The van der Waals surface area contributed by atoms with Crippen LogP contribution in [-0.4, -0.2) is 6.29 Å². The molecule has 3 rings (SSSR count). The van der Waals surface area contributed by atoms with Crippen molar-refractivity contribution in [2.75, 3.05) is 0 Å². The molecular formula is C13H7BrOS. The van der Waals surface area contributed by atoms with Crippen LogP contribution in [0.1, 0.15) is 9.67 Å². The fraction of sp³-hybridized carbons (Fsp3) is 0. The molecule has 0 fully saturated rings. The Balaban J connectivity index is 2.49. The van der Waals surface area contributed by atoms with Crippen molar-refractivity contribution in [2.45, 2.75) is 0 Å². The highest BCUT2D eigenvalue weighted by atomic mass is 79.9. The maximum absolute atomic E-state index is 10.9. The third kappa shape index (κ3) is 1.39. The van der Waals surface area contributed by atoms with Crippen LogP contribution < -0.4 is 0 Å². The molecule has 0 aliphatic rings. The second kappa shape index (κ2) is 3.68. The first-order chi connectivity index (χ1) is 7.79. The second-order valence-electron chi connectivity index (χ2n) is 3.59. The Labute approximate surface area is 105 Å².